The van der Waals surface area contributed by atoms with Gasteiger partial charge in [0.1, 0.15) is 12.2 Å². The van der Waals surface area contributed by atoms with E-state index in [1.165, 1.54) is 0 Å². The fraction of sp³-hybridized carbons (Fsp3) is 0.429. The fourth-order valence-electron chi connectivity index (χ4n) is 2.01. The van der Waals surface area contributed by atoms with E-state index in [0.29, 0.717) is 26.1 Å². The molecule has 0 aliphatic rings. The summed E-state index contributed by atoms with van der Waals surface area (Å²) < 4.78 is 1.85. The maximum absolute atomic E-state index is 11.8. The number of nitrogens with one attached hydrogen (secondary N) is 1. The van der Waals surface area contributed by atoms with E-state index in [4.69, 9.17) is 0 Å². The van der Waals surface area contributed by atoms with Gasteiger partial charge >= 0.3 is 0 Å². The Balaban J connectivity index is 1.68. The molecule has 0 unspecified atom stereocenters. The molecule has 0 fully saturated rings. The molecule has 0 saturated heterocycles. The standard InChI is InChI=1S/C14H20N6O/c1-19(9-12-4-3-6-15-8-12)10-14(21)16-7-5-13-18-17-11-20(13)2/h3-4,6,8,11H,5,7,9-10H2,1-2H3,(H,16,21). The van der Waals surface area contributed by atoms with Crippen molar-refractivity contribution in [1.82, 2.24) is 30.0 Å². The second-order valence-electron chi connectivity index (χ2n) is 4.99. The van der Waals surface area contributed by atoms with Gasteiger partial charge in [-0.15, -0.1) is 10.2 Å². The Hall–Kier alpha value is -2.28. The average Bonchev–Trinajstić information content (AvgIpc) is 2.85. The van der Waals surface area contributed by atoms with Gasteiger partial charge < -0.3 is 9.88 Å². The first-order chi connectivity index (χ1) is 10.1. The lowest BCUT2D eigenvalue weighted by atomic mass is 10.2. The average molecular weight is 288 g/mol. The summed E-state index contributed by atoms with van der Waals surface area (Å²) in [5, 5.41) is 10.7. The van der Waals surface area contributed by atoms with Crippen LogP contribution in [0.3, 0.4) is 0 Å². The Morgan fingerprint density at radius 2 is 2.33 bits per heavy atom. The lowest BCUT2D eigenvalue weighted by Crippen LogP contribution is -2.36. The van der Waals surface area contributed by atoms with Gasteiger partial charge in [0.25, 0.3) is 0 Å². The van der Waals surface area contributed by atoms with Crippen LogP contribution in [0.5, 0.6) is 0 Å². The predicted molar refractivity (Wildman–Crippen MR) is 78.3 cm³/mol. The van der Waals surface area contributed by atoms with E-state index >= 15 is 0 Å². The zero-order valence-electron chi connectivity index (χ0n) is 12.4. The van der Waals surface area contributed by atoms with Crippen LogP contribution >= 0.6 is 0 Å². The lowest BCUT2D eigenvalue weighted by Gasteiger charge is -2.16. The molecule has 2 aromatic rings. The molecule has 1 N–H and O–H groups in total. The Kier molecular flexibility index (Phi) is 5.39. The molecule has 7 heteroatoms. The van der Waals surface area contributed by atoms with E-state index in [2.05, 4.69) is 20.5 Å². The summed E-state index contributed by atoms with van der Waals surface area (Å²) in [5.41, 5.74) is 1.09. The first kappa shape index (κ1) is 15.1. The van der Waals surface area contributed by atoms with Crippen LogP contribution in [0.25, 0.3) is 0 Å². The van der Waals surface area contributed by atoms with Crippen molar-refractivity contribution in [2.45, 2.75) is 13.0 Å². The highest BCUT2D eigenvalue weighted by Gasteiger charge is 2.07. The zero-order valence-corrected chi connectivity index (χ0v) is 12.4. The van der Waals surface area contributed by atoms with Crippen LogP contribution in [-0.4, -0.2) is 50.7 Å². The van der Waals surface area contributed by atoms with E-state index in [1.54, 1.807) is 12.5 Å². The van der Waals surface area contributed by atoms with Crippen LogP contribution in [0.4, 0.5) is 0 Å². The maximum Gasteiger partial charge on any atom is 0.234 e. The highest BCUT2D eigenvalue weighted by atomic mass is 16.2. The predicted octanol–water partition coefficient (Wildman–Crippen LogP) is 0.000800. The molecule has 0 radical (unpaired) electrons. The molecular formula is C14H20N6O. The number of carbonyl (C=O) groups excluding carboxylic acids is 1. The van der Waals surface area contributed by atoms with Crippen molar-refractivity contribution in [2.75, 3.05) is 20.1 Å². The van der Waals surface area contributed by atoms with Gasteiger partial charge in [-0.1, -0.05) is 6.07 Å². The number of carbonyl (C=O) groups is 1. The van der Waals surface area contributed by atoms with Crippen LogP contribution in [0.2, 0.25) is 0 Å². The third-order valence-corrected chi connectivity index (χ3v) is 3.06. The first-order valence-electron chi connectivity index (χ1n) is 6.82. The first-order valence-corrected chi connectivity index (χ1v) is 6.82. The van der Waals surface area contributed by atoms with Gasteiger partial charge in [-0.3, -0.25) is 14.7 Å². The monoisotopic (exact) mass is 288 g/mol. The number of pyridine rings is 1. The van der Waals surface area contributed by atoms with Crippen LogP contribution in [0, 0.1) is 0 Å². The van der Waals surface area contributed by atoms with Crippen molar-refractivity contribution in [3.8, 4) is 0 Å². The summed E-state index contributed by atoms with van der Waals surface area (Å²) in [4.78, 5) is 17.9. The minimum absolute atomic E-state index is 0.00330. The smallest absolute Gasteiger partial charge is 0.234 e. The van der Waals surface area contributed by atoms with Gasteiger partial charge in [0, 0.05) is 39.0 Å². The minimum atomic E-state index is 0.00330. The van der Waals surface area contributed by atoms with Crippen LogP contribution < -0.4 is 5.32 Å². The maximum atomic E-state index is 11.8. The van der Waals surface area contributed by atoms with Crippen molar-refractivity contribution >= 4 is 5.91 Å². The van der Waals surface area contributed by atoms with Gasteiger partial charge in [-0.25, -0.2) is 0 Å². The zero-order chi connectivity index (χ0) is 15.1. The molecule has 112 valence electrons. The Bertz CT molecular complexity index is 568. The SMILES string of the molecule is CN(CC(=O)NCCc1nncn1C)Cc1cccnc1. The molecule has 0 bridgehead atoms. The summed E-state index contributed by atoms with van der Waals surface area (Å²) in [6, 6.07) is 3.89. The van der Waals surface area contributed by atoms with Crippen molar-refractivity contribution in [3.63, 3.8) is 0 Å². The quantitative estimate of drug-likeness (QED) is 0.776. The third-order valence-electron chi connectivity index (χ3n) is 3.06. The molecule has 0 atom stereocenters. The van der Waals surface area contributed by atoms with Crippen molar-refractivity contribution in [3.05, 3.63) is 42.2 Å². The molecule has 0 saturated carbocycles. The Labute approximate surface area is 124 Å². The van der Waals surface area contributed by atoms with Crippen molar-refractivity contribution in [2.24, 2.45) is 7.05 Å². The third kappa shape index (κ3) is 4.96. The summed E-state index contributed by atoms with van der Waals surface area (Å²) in [5.74, 6) is 0.863. The van der Waals surface area contributed by atoms with Gasteiger partial charge in [0.05, 0.1) is 6.54 Å². The minimum Gasteiger partial charge on any atom is -0.355 e. The molecule has 21 heavy (non-hydrogen) atoms. The molecule has 0 aliphatic carbocycles. The normalized spacial score (nSPS) is 10.8. The summed E-state index contributed by atoms with van der Waals surface area (Å²) >= 11 is 0. The molecule has 2 heterocycles. The second-order valence-corrected chi connectivity index (χ2v) is 4.99. The number of hydrogen-bond acceptors (Lipinski definition) is 5. The number of rotatable bonds is 7. The molecule has 0 spiro atoms. The highest BCUT2D eigenvalue weighted by molar-refractivity contribution is 5.77. The lowest BCUT2D eigenvalue weighted by molar-refractivity contribution is -0.122. The molecule has 2 rings (SSSR count). The van der Waals surface area contributed by atoms with E-state index in [-0.39, 0.29) is 5.91 Å². The number of aromatic nitrogens is 4. The van der Waals surface area contributed by atoms with Crippen LogP contribution in [-0.2, 0) is 24.8 Å². The van der Waals surface area contributed by atoms with Crippen LogP contribution in [0.15, 0.2) is 30.9 Å². The molecule has 1 amide bonds. The molecule has 0 aliphatic heterocycles. The Morgan fingerprint density at radius 3 is 3.00 bits per heavy atom. The molecule has 7 nitrogen and oxygen atoms in total. The van der Waals surface area contributed by atoms with E-state index in [1.807, 2.05) is 41.9 Å². The Morgan fingerprint density at radius 1 is 1.48 bits per heavy atom. The van der Waals surface area contributed by atoms with Crippen molar-refractivity contribution < 1.29 is 4.79 Å². The number of hydrogen-bond donors (Lipinski definition) is 1. The van der Waals surface area contributed by atoms with Crippen molar-refractivity contribution in [1.29, 1.82) is 0 Å². The van der Waals surface area contributed by atoms with Gasteiger partial charge in [0.15, 0.2) is 0 Å². The van der Waals surface area contributed by atoms with Gasteiger partial charge in [0.2, 0.25) is 5.91 Å². The fourth-order valence-corrected chi connectivity index (χ4v) is 2.01. The summed E-state index contributed by atoms with van der Waals surface area (Å²) in [7, 11) is 3.80. The number of likely N-dealkylation sites (N-methyl/N-ethyl adjacent to an activating group) is 1. The number of aryl methyl sites for hydroxylation is 1. The molecule has 2 aromatic heterocycles. The number of nitrogens with zero attached hydrogens (tertiary/aromatic N) is 5. The second kappa shape index (κ2) is 7.49. The summed E-state index contributed by atoms with van der Waals surface area (Å²) in [6.07, 6.45) is 5.87. The van der Waals surface area contributed by atoms with Gasteiger partial charge in [-0.05, 0) is 18.7 Å². The molecule has 0 aromatic carbocycles. The van der Waals surface area contributed by atoms with Crippen LogP contribution in [0.1, 0.15) is 11.4 Å². The highest BCUT2D eigenvalue weighted by Crippen LogP contribution is 2.00. The summed E-state index contributed by atoms with van der Waals surface area (Å²) in [6.45, 7) is 1.62. The van der Waals surface area contributed by atoms with Gasteiger partial charge in [-0.2, -0.15) is 0 Å². The molecular weight excluding hydrogens is 268 g/mol. The number of amides is 1. The largest absolute Gasteiger partial charge is 0.355 e. The van der Waals surface area contributed by atoms with E-state index in [9.17, 15) is 4.79 Å². The topological polar surface area (TPSA) is 75.9 Å². The van der Waals surface area contributed by atoms with E-state index < -0.39 is 0 Å². The van der Waals surface area contributed by atoms with E-state index in [0.717, 1.165) is 11.4 Å².